The Bertz CT molecular complexity index is 359. The number of carbonyl (C=O) groups is 1. The number of hydrogen-bond acceptors (Lipinski definition) is 4. The van der Waals surface area contributed by atoms with Crippen molar-refractivity contribution in [2.45, 2.75) is 25.7 Å². The van der Waals surface area contributed by atoms with Gasteiger partial charge in [-0.2, -0.15) is 0 Å². The summed E-state index contributed by atoms with van der Waals surface area (Å²) in [6.07, 6.45) is 4.80. The van der Waals surface area contributed by atoms with Crippen LogP contribution in [-0.2, 0) is 6.42 Å². The molecule has 1 aromatic heterocycles. The van der Waals surface area contributed by atoms with Crippen molar-refractivity contribution in [3.63, 3.8) is 0 Å². The van der Waals surface area contributed by atoms with Gasteiger partial charge in [-0.25, -0.2) is 9.78 Å². The lowest BCUT2D eigenvalue weighted by Gasteiger charge is -2.25. The van der Waals surface area contributed by atoms with Crippen molar-refractivity contribution in [1.29, 1.82) is 0 Å². The second-order valence-corrected chi connectivity index (χ2v) is 5.03. The van der Waals surface area contributed by atoms with Crippen LogP contribution in [0.2, 0.25) is 0 Å². The first-order chi connectivity index (χ1) is 7.75. The van der Waals surface area contributed by atoms with E-state index >= 15 is 0 Å². The van der Waals surface area contributed by atoms with Crippen LogP contribution in [0.25, 0.3) is 0 Å². The van der Waals surface area contributed by atoms with Gasteiger partial charge in [0.15, 0.2) is 5.69 Å². The number of likely N-dealkylation sites (tertiary alicyclic amines) is 1. The first-order valence-electron chi connectivity index (χ1n) is 5.66. The normalized spacial score (nSPS) is 17.5. The van der Waals surface area contributed by atoms with Gasteiger partial charge >= 0.3 is 5.97 Å². The molecule has 0 radical (unpaired) electrons. The number of thiazole rings is 1. The van der Waals surface area contributed by atoms with E-state index in [1.165, 1.54) is 43.7 Å². The minimum absolute atomic E-state index is 0.179. The van der Waals surface area contributed by atoms with Crippen LogP contribution in [0.3, 0.4) is 0 Å². The van der Waals surface area contributed by atoms with Crippen LogP contribution < -0.4 is 0 Å². The summed E-state index contributed by atoms with van der Waals surface area (Å²) in [6.45, 7) is 3.36. The van der Waals surface area contributed by atoms with Crippen molar-refractivity contribution in [1.82, 2.24) is 9.88 Å². The third-order valence-corrected chi connectivity index (χ3v) is 3.77. The Labute approximate surface area is 98.9 Å². The fourth-order valence-corrected chi connectivity index (χ4v) is 2.72. The predicted octanol–water partition coefficient (Wildman–Crippen LogP) is 1.87. The van der Waals surface area contributed by atoms with Crippen molar-refractivity contribution in [2.24, 2.45) is 0 Å². The maximum absolute atomic E-state index is 10.7. The number of rotatable bonds is 4. The van der Waals surface area contributed by atoms with E-state index in [1.807, 2.05) is 0 Å². The van der Waals surface area contributed by atoms with Crippen molar-refractivity contribution < 1.29 is 9.90 Å². The van der Waals surface area contributed by atoms with Crippen LogP contribution in [0.1, 0.15) is 34.8 Å². The van der Waals surface area contributed by atoms with E-state index in [0.29, 0.717) is 0 Å². The standard InChI is InChI=1S/C11H16N2O2S/c14-11(15)9-8-16-10(12-9)4-7-13-5-2-1-3-6-13/h8H,1-7H2,(H,14,15). The van der Waals surface area contributed by atoms with Gasteiger partial charge in [-0.3, -0.25) is 0 Å². The molecule has 0 unspecified atom stereocenters. The number of carboxylic acid groups (broad SMARTS) is 1. The molecule has 2 rings (SSSR count). The Morgan fingerprint density at radius 2 is 2.19 bits per heavy atom. The summed E-state index contributed by atoms with van der Waals surface area (Å²) in [5, 5.41) is 11.3. The van der Waals surface area contributed by atoms with E-state index in [9.17, 15) is 4.79 Å². The minimum Gasteiger partial charge on any atom is -0.476 e. The molecule has 1 aliphatic rings. The van der Waals surface area contributed by atoms with E-state index in [2.05, 4.69) is 9.88 Å². The second kappa shape index (κ2) is 5.41. The van der Waals surface area contributed by atoms with E-state index in [-0.39, 0.29) is 5.69 Å². The first kappa shape index (κ1) is 11.5. The zero-order chi connectivity index (χ0) is 11.4. The highest BCUT2D eigenvalue weighted by atomic mass is 32.1. The molecule has 1 saturated heterocycles. The minimum atomic E-state index is -0.930. The number of nitrogens with zero attached hydrogens (tertiary/aromatic N) is 2. The van der Waals surface area contributed by atoms with Crippen LogP contribution in [0.5, 0.6) is 0 Å². The molecule has 0 spiro atoms. The van der Waals surface area contributed by atoms with Gasteiger partial charge in [0, 0.05) is 18.3 Å². The Hall–Kier alpha value is -0.940. The van der Waals surface area contributed by atoms with E-state index < -0.39 is 5.97 Å². The monoisotopic (exact) mass is 240 g/mol. The Morgan fingerprint density at radius 1 is 1.44 bits per heavy atom. The molecular weight excluding hydrogens is 224 g/mol. The van der Waals surface area contributed by atoms with E-state index in [4.69, 9.17) is 5.11 Å². The van der Waals surface area contributed by atoms with Gasteiger partial charge in [-0.1, -0.05) is 6.42 Å². The Balaban J connectivity index is 1.81. The molecular formula is C11H16N2O2S. The summed E-state index contributed by atoms with van der Waals surface area (Å²) in [6, 6.07) is 0. The van der Waals surface area contributed by atoms with Crippen molar-refractivity contribution >= 4 is 17.3 Å². The molecule has 16 heavy (non-hydrogen) atoms. The van der Waals surface area contributed by atoms with Gasteiger partial charge in [0.1, 0.15) is 0 Å². The lowest BCUT2D eigenvalue weighted by atomic mass is 10.1. The topological polar surface area (TPSA) is 53.4 Å². The Kier molecular flexibility index (Phi) is 3.90. The first-order valence-corrected chi connectivity index (χ1v) is 6.54. The third kappa shape index (κ3) is 3.02. The van der Waals surface area contributed by atoms with Gasteiger partial charge in [0.05, 0.1) is 5.01 Å². The maximum atomic E-state index is 10.7. The molecule has 1 aliphatic heterocycles. The maximum Gasteiger partial charge on any atom is 0.355 e. The average Bonchev–Trinajstić information content (AvgIpc) is 2.76. The van der Waals surface area contributed by atoms with Crippen LogP contribution in [-0.4, -0.2) is 40.6 Å². The largest absolute Gasteiger partial charge is 0.476 e. The quantitative estimate of drug-likeness (QED) is 0.873. The third-order valence-electron chi connectivity index (χ3n) is 2.86. The fraction of sp³-hybridized carbons (Fsp3) is 0.636. The molecule has 4 nitrogen and oxygen atoms in total. The van der Waals surface area contributed by atoms with Crippen LogP contribution in [0, 0.1) is 0 Å². The SMILES string of the molecule is O=C(O)c1csc(CCN2CCCCC2)n1. The van der Waals surface area contributed by atoms with Crippen molar-refractivity contribution in [3.05, 3.63) is 16.1 Å². The van der Waals surface area contributed by atoms with Gasteiger partial charge in [-0.15, -0.1) is 11.3 Å². The molecule has 5 heteroatoms. The molecule has 1 aromatic rings. The zero-order valence-corrected chi connectivity index (χ0v) is 10.0. The highest BCUT2D eigenvalue weighted by Crippen LogP contribution is 2.13. The summed E-state index contributed by atoms with van der Waals surface area (Å²) in [7, 11) is 0. The fourth-order valence-electron chi connectivity index (χ4n) is 1.96. The molecule has 2 heterocycles. The molecule has 1 N–H and O–H groups in total. The number of aromatic nitrogens is 1. The molecule has 0 amide bonds. The lowest BCUT2D eigenvalue weighted by molar-refractivity contribution is 0.0691. The summed E-state index contributed by atoms with van der Waals surface area (Å²) >= 11 is 1.45. The van der Waals surface area contributed by atoms with Gasteiger partial charge < -0.3 is 10.0 Å². The molecule has 0 bridgehead atoms. The number of piperidine rings is 1. The molecule has 0 aromatic carbocycles. The number of aromatic carboxylic acids is 1. The second-order valence-electron chi connectivity index (χ2n) is 4.08. The van der Waals surface area contributed by atoms with Gasteiger partial charge in [0.2, 0.25) is 0 Å². The predicted molar refractivity (Wildman–Crippen MR) is 63.1 cm³/mol. The summed E-state index contributed by atoms with van der Waals surface area (Å²) in [5.41, 5.74) is 0.179. The summed E-state index contributed by atoms with van der Waals surface area (Å²) in [4.78, 5) is 17.2. The van der Waals surface area contributed by atoms with Gasteiger partial charge in [0.25, 0.3) is 0 Å². The lowest BCUT2D eigenvalue weighted by Crippen LogP contribution is -2.31. The van der Waals surface area contributed by atoms with Crippen molar-refractivity contribution in [2.75, 3.05) is 19.6 Å². The van der Waals surface area contributed by atoms with Crippen molar-refractivity contribution in [3.8, 4) is 0 Å². The van der Waals surface area contributed by atoms with Gasteiger partial charge in [-0.05, 0) is 25.9 Å². The van der Waals surface area contributed by atoms with E-state index in [1.54, 1.807) is 5.38 Å². The molecule has 0 aliphatic carbocycles. The average molecular weight is 240 g/mol. The van der Waals surface area contributed by atoms with Crippen LogP contribution >= 0.6 is 11.3 Å². The summed E-state index contributed by atoms with van der Waals surface area (Å²) < 4.78 is 0. The van der Waals surface area contributed by atoms with Crippen LogP contribution in [0.15, 0.2) is 5.38 Å². The van der Waals surface area contributed by atoms with E-state index in [0.717, 1.165) is 18.0 Å². The molecule has 1 fully saturated rings. The number of carboxylic acids is 1. The zero-order valence-electron chi connectivity index (χ0n) is 9.19. The highest BCUT2D eigenvalue weighted by molar-refractivity contribution is 7.09. The molecule has 88 valence electrons. The highest BCUT2D eigenvalue weighted by Gasteiger charge is 2.12. The summed E-state index contributed by atoms with van der Waals surface area (Å²) in [5.74, 6) is -0.930. The Morgan fingerprint density at radius 3 is 2.81 bits per heavy atom. The molecule has 0 atom stereocenters. The van der Waals surface area contributed by atoms with Crippen LogP contribution in [0.4, 0.5) is 0 Å². The number of hydrogen-bond donors (Lipinski definition) is 1. The smallest absolute Gasteiger partial charge is 0.355 e. The molecule has 0 saturated carbocycles.